The lowest BCUT2D eigenvalue weighted by molar-refractivity contribution is 0.382. The minimum absolute atomic E-state index is 0.700. The summed E-state index contributed by atoms with van der Waals surface area (Å²) in [5.74, 6) is 0.700. The number of alkyl halides is 1. The third-order valence-electron chi connectivity index (χ3n) is 3.31. The summed E-state index contributed by atoms with van der Waals surface area (Å²) in [4.78, 5) is 6.66. The molecule has 1 heterocycles. The van der Waals surface area contributed by atoms with E-state index in [4.69, 9.17) is 4.74 Å². The van der Waals surface area contributed by atoms with E-state index in [-0.39, 0.29) is 0 Å². The Labute approximate surface area is 111 Å². The van der Waals surface area contributed by atoms with Gasteiger partial charge in [0.1, 0.15) is 0 Å². The summed E-state index contributed by atoms with van der Waals surface area (Å²) in [5, 5.41) is 1.05. The average Bonchev–Trinajstić information content (AvgIpc) is 2.32. The lowest BCUT2D eigenvalue weighted by atomic mass is 9.91. The van der Waals surface area contributed by atoms with Crippen LogP contribution in [-0.2, 0) is 0 Å². The van der Waals surface area contributed by atoms with Crippen LogP contribution >= 0.6 is 15.9 Å². The molecule has 0 amide bonds. The second kappa shape index (κ2) is 6.24. The van der Waals surface area contributed by atoms with E-state index in [0.29, 0.717) is 11.9 Å². The molecule has 1 aliphatic rings. The maximum absolute atomic E-state index is 5.19. The van der Waals surface area contributed by atoms with Gasteiger partial charge in [0.05, 0.1) is 7.11 Å². The smallest absolute Gasteiger partial charge is 0.214 e. The standard InChI is InChI=1S/C13H19BrN2O/c1-17-13-10-12(6-8-15-13)16(9-3-7-14)11-4-2-5-11/h6,8,10-11H,2-5,7,9H2,1H3. The van der Waals surface area contributed by atoms with Gasteiger partial charge in [-0.2, -0.15) is 0 Å². The van der Waals surface area contributed by atoms with Crippen molar-refractivity contribution in [3.8, 4) is 5.88 Å². The van der Waals surface area contributed by atoms with E-state index < -0.39 is 0 Å². The molecule has 0 bridgehead atoms. The van der Waals surface area contributed by atoms with Crippen LogP contribution in [0.15, 0.2) is 18.3 Å². The molecule has 4 heteroatoms. The third kappa shape index (κ3) is 3.12. The molecule has 17 heavy (non-hydrogen) atoms. The van der Waals surface area contributed by atoms with Crippen LogP contribution in [-0.4, -0.2) is 30.0 Å². The first-order valence-corrected chi connectivity index (χ1v) is 7.30. The third-order valence-corrected chi connectivity index (χ3v) is 3.87. The van der Waals surface area contributed by atoms with Crippen LogP contribution in [0.1, 0.15) is 25.7 Å². The number of halogens is 1. The predicted octanol–water partition coefficient (Wildman–Crippen LogP) is 3.23. The van der Waals surface area contributed by atoms with E-state index >= 15 is 0 Å². The molecular weight excluding hydrogens is 280 g/mol. The minimum atomic E-state index is 0.700. The quantitative estimate of drug-likeness (QED) is 0.754. The Morgan fingerprint density at radius 1 is 1.53 bits per heavy atom. The highest BCUT2D eigenvalue weighted by Crippen LogP contribution is 2.30. The Bertz CT molecular complexity index is 355. The predicted molar refractivity (Wildman–Crippen MR) is 74.2 cm³/mol. The minimum Gasteiger partial charge on any atom is -0.481 e. The number of pyridine rings is 1. The molecule has 0 aliphatic heterocycles. The number of nitrogens with zero attached hydrogens (tertiary/aromatic N) is 2. The topological polar surface area (TPSA) is 25.4 Å². The highest BCUT2D eigenvalue weighted by atomic mass is 79.9. The normalized spacial score (nSPS) is 15.4. The van der Waals surface area contributed by atoms with Gasteiger partial charge in [-0.15, -0.1) is 0 Å². The summed E-state index contributed by atoms with van der Waals surface area (Å²) in [6.07, 6.45) is 6.98. The van der Waals surface area contributed by atoms with Gasteiger partial charge in [0, 0.05) is 35.9 Å². The molecule has 1 aliphatic carbocycles. The van der Waals surface area contributed by atoms with Gasteiger partial charge in [0.15, 0.2) is 0 Å². The first kappa shape index (κ1) is 12.7. The molecular formula is C13H19BrN2O. The summed E-state index contributed by atoms with van der Waals surface area (Å²) < 4.78 is 5.19. The number of hydrogen-bond donors (Lipinski definition) is 0. The molecule has 2 rings (SSSR count). The zero-order chi connectivity index (χ0) is 12.1. The van der Waals surface area contributed by atoms with Crippen molar-refractivity contribution in [1.29, 1.82) is 0 Å². The number of rotatable bonds is 6. The van der Waals surface area contributed by atoms with Crippen LogP contribution in [0.2, 0.25) is 0 Å². The van der Waals surface area contributed by atoms with E-state index in [2.05, 4.69) is 31.9 Å². The fourth-order valence-corrected chi connectivity index (χ4v) is 2.39. The first-order valence-electron chi connectivity index (χ1n) is 6.18. The molecule has 0 N–H and O–H groups in total. The van der Waals surface area contributed by atoms with Crippen molar-refractivity contribution in [2.24, 2.45) is 0 Å². The Morgan fingerprint density at radius 2 is 2.35 bits per heavy atom. The van der Waals surface area contributed by atoms with Gasteiger partial charge in [-0.05, 0) is 31.7 Å². The molecule has 94 valence electrons. The summed E-state index contributed by atoms with van der Waals surface area (Å²) in [6.45, 7) is 1.10. The average molecular weight is 299 g/mol. The molecule has 1 saturated carbocycles. The Balaban J connectivity index is 2.11. The van der Waals surface area contributed by atoms with Gasteiger partial charge in [-0.25, -0.2) is 4.98 Å². The van der Waals surface area contributed by atoms with E-state index in [9.17, 15) is 0 Å². The van der Waals surface area contributed by atoms with Gasteiger partial charge in [-0.1, -0.05) is 15.9 Å². The lowest BCUT2D eigenvalue weighted by Gasteiger charge is -2.39. The van der Waals surface area contributed by atoms with Crippen molar-refractivity contribution in [2.45, 2.75) is 31.7 Å². The van der Waals surface area contributed by atoms with Crippen molar-refractivity contribution < 1.29 is 4.74 Å². The second-order valence-electron chi connectivity index (χ2n) is 4.38. The highest BCUT2D eigenvalue weighted by Gasteiger charge is 2.25. The fourth-order valence-electron chi connectivity index (χ4n) is 2.14. The molecule has 0 unspecified atom stereocenters. The van der Waals surface area contributed by atoms with Crippen LogP contribution in [0.5, 0.6) is 5.88 Å². The Kier molecular flexibility index (Phi) is 4.66. The van der Waals surface area contributed by atoms with Gasteiger partial charge < -0.3 is 9.64 Å². The second-order valence-corrected chi connectivity index (χ2v) is 5.17. The maximum atomic E-state index is 5.19. The number of ether oxygens (including phenoxy) is 1. The fraction of sp³-hybridized carbons (Fsp3) is 0.615. The molecule has 0 radical (unpaired) electrons. The Hall–Kier alpha value is -0.770. The summed E-state index contributed by atoms with van der Waals surface area (Å²) in [5.41, 5.74) is 1.24. The summed E-state index contributed by atoms with van der Waals surface area (Å²) in [7, 11) is 1.66. The molecule has 0 saturated heterocycles. The van der Waals surface area contributed by atoms with Crippen LogP contribution in [0.25, 0.3) is 0 Å². The van der Waals surface area contributed by atoms with Gasteiger partial charge in [-0.3, -0.25) is 0 Å². The maximum Gasteiger partial charge on any atom is 0.214 e. The van der Waals surface area contributed by atoms with E-state index in [1.54, 1.807) is 7.11 Å². The van der Waals surface area contributed by atoms with Gasteiger partial charge >= 0.3 is 0 Å². The highest BCUT2D eigenvalue weighted by molar-refractivity contribution is 9.09. The van der Waals surface area contributed by atoms with Gasteiger partial charge in [0.2, 0.25) is 5.88 Å². The van der Waals surface area contributed by atoms with Gasteiger partial charge in [0.25, 0.3) is 0 Å². The monoisotopic (exact) mass is 298 g/mol. The number of methoxy groups -OCH3 is 1. The SMILES string of the molecule is COc1cc(N(CCCBr)C2CCC2)ccn1. The number of anilines is 1. The molecule has 3 nitrogen and oxygen atoms in total. The van der Waals surface area contributed by atoms with Crippen LogP contribution in [0.3, 0.4) is 0 Å². The first-order chi connectivity index (χ1) is 8.35. The molecule has 1 aromatic heterocycles. The van der Waals surface area contributed by atoms with Crippen LogP contribution < -0.4 is 9.64 Å². The van der Waals surface area contributed by atoms with Crippen molar-refractivity contribution >= 4 is 21.6 Å². The van der Waals surface area contributed by atoms with E-state index in [1.807, 2.05) is 12.3 Å². The molecule has 0 aromatic carbocycles. The van der Waals surface area contributed by atoms with Crippen LogP contribution in [0, 0.1) is 0 Å². The molecule has 1 fully saturated rings. The zero-order valence-corrected chi connectivity index (χ0v) is 11.8. The van der Waals surface area contributed by atoms with Crippen LogP contribution in [0.4, 0.5) is 5.69 Å². The number of hydrogen-bond acceptors (Lipinski definition) is 3. The number of aromatic nitrogens is 1. The van der Waals surface area contributed by atoms with E-state index in [0.717, 1.165) is 11.9 Å². The summed E-state index contributed by atoms with van der Waals surface area (Å²) in [6, 6.07) is 4.82. The van der Waals surface area contributed by atoms with Crippen molar-refractivity contribution in [3.63, 3.8) is 0 Å². The Morgan fingerprint density at radius 3 is 2.94 bits per heavy atom. The lowest BCUT2D eigenvalue weighted by Crippen LogP contribution is -2.41. The van der Waals surface area contributed by atoms with E-state index in [1.165, 1.54) is 31.4 Å². The molecule has 0 atom stereocenters. The van der Waals surface area contributed by atoms with Crippen molar-refractivity contribution in [1.82, 2.24) is 4.98 Å². The molecule has 1 aromatic rings. The molecule has 0 spiro atoms. The zero-order valence-electron chi connectivity index (χ0n) is 10.2. The van der Waals surface area contributed by atoms with Crippen molar-refractivity contribution in [2.75, 3.05) is 23.9 Å². The summed E-state index contributed by atoms with van der Waals surface area (Å²) >= 11 is 3.50. The largest absolute Gasteiger partial charge is 0.481 e. The van der Waals surface area contributed by atoms with Crippen molar-refractivity contribution in [3.05, 3.63) is 18.3 Å².